The molecule has 0 saturated carbocycles. The summed E-state index contributed by atoms with van der Waals surface area (Å²) in [5, 5.41) is 0. The summed E-state index contributed by atoms with van der Waals surface area (Å²) < 4.78 is 0. The van der Waals surface area contributed by atoms with Crippen LogP contribution in [0.1, 0.15) is 5.56 Å². The Morgan fingerprint density at radius 1 is 1.42 bits per heavy atom. The molecule has 1 aliphatic heterocycles. The normalized spacial score (nSPS) is 22.2. The highest BCUT2D eigenvalue weighted by molar-refractivity contribution is 5.55. The molecule has 0 bridgehead atoms. The van der Waals surface area contributed by atoms with Gasteiger partial charge in [0.15, 0.2) is 0 Å². The van der Waals surface area contributed by atoms with E-state index in [4.69, 9.17) is 5.73 Å². The summed E-state index contributed by atoms with van der Waals surface area (Å²) in [6.07, 6.45) is 1.01. The highest BCUT2D eigenvalue weighted by Crippen LogP contribution is 2.24. The van der Waals surface area contributed by atoms with Crippen LogP contribution < -0.4 is 10.6 Å². The van der Waals surface area contributed by atoms with Crippen LogP contribution in [0.15, 0.2) is 24.3 Å². The maximum Gasteiger partial charge on any atom is 0.0397 e. The number of hydrogen-bond donors (Lipinski definition) is 1. The lowest BCUT2D eigenvalue weighted by Crippen LogP contribution is -2.41. The Kier molecular flexibility index (Phi) is 1.77. The van der Waals surface area contributed by atoms with E-state index in [1.807, 2.05) is 0 Å². The SMILES string of the molecule is CN1C[C@@H](N)Cc2ccccc21. The number of benzene rings is 1. The van der Waals surface area contributed by atoms with E-state index >= 15 is 0 Å². The van der Waals surface area contributed by atoms with Gasteiger partial charge in [0, 0.05) is 25.3 Å². The van der Waals surface area contributed by atoms with Crippen LogP contribution in [0.2, 0.25) is 0 Å². The second-order valence-corrected chi connectivity index (χ2v) is 3.47. The minimum absolute atomic E-state index is 0.296. The van der Waals surface area contributed by atoms with Crippen molar-refractivity contribution in [3.8, 4) is 0 Å². The van der Waals surface area contributed by atoms with Gasteiger partial charge in [-0.1, -0.05) is 18.2 Å². The van der Waals surface area contributed by atoms with Gasteiger partial charge in [-0.2, -0.15) is 0 Å². The topological polar surface area (TPSA) is 29.3 Å². The summed E-state index contributed by atoms with van der Waals surface area (Å²) in [6.45, 7) is 0.969. The first-order valence-corrected chi connectivity index (χ1v) is 4.32. The fraction of sp³-hybridized carbons (Fsp3) is 0.400. The van der Waals surface area contributed by atoms with Gasteiger partial charge in [0.1, 0.15) is 0 Å². The van der Waals surface area contributed by atoms with E-state index in [9.17, 15) is 0 Å². The number of fused-ring (bicyclic) bond motifs is 1. The standard InChI is InChI=1S/C10H14N2/c1-12-7-9(11)6-8-4-2-3-5-10(8)12/h2-5,9H,6-7,11H2,1H3/t9-/m0/s1. The maximum atomic E-state index is 5.90. The maximum absolute atomic E-state index is 5.90. The second kappa shape index (κ2) is 2.79. The third-order valence-corrected chi connectivity index (χ3v) is 2.39. The van der Waals surface area contributed by atoms with Crippen molar-refractivity contribution >= 4 is 5.69 Å². The van der Waals surface area contributed by atoms with Crippen molar-refractivity contribution in [1.82, 2.24) is 0 Å². The van der Waals surface area contributed by atoms with Gasteiger partial charge in [0.25, 0.3) is 0 Å². The molecule has 2 nitrogen and oxygen atoms in total. The lowest BCUT2D eigenvalue weighted by molar-refractivity contribution is 0.628. The van der Waals surface area contributed by atoms with E-state index in [0.717, 1.165) is 13.0 Å². The zero-order chi connectivity index (χ0) is 8.55. The Morgan fingerprint density at radius 2 is 2.17 bits per heavy atom. The number of nitrogens with two attached hydrogens (primary N) is 1. The molecule has 1 aliphatic rings. The summed E-state index contributed by atoms with van der Waals surface area (Å²) in [7, 11) is 2.10. The van der Waals surface area contributed by atoms with E-state index in [1.54, 1.807) is 0 Å². The summed E-state index contributed by atoms with van der Waals surface area (Å²) in [6, 6.07) is 8.76. The molecule has 1 heterocycles. The van der Waals surface area contributed by atoms with E-state index in [2.05, 4.69) is 36.2 Å². The van der Waals surface area contributed by atoms with Gasteiger partial charge in [0.05, 0.1) is 0 Å². The smallest absolute Gasteiger partial charge is 0.0397 e. The largest absolute Gasteiger partial charge is 0.373 e. The van der Waals surface area contributed by atoms with Crippen LogP contribution in [0.3, 0.4) is 0 Å². The fourth-order valence-electron chi connectivity index (χ4n) is 1.85. The average Bonchev–Trinajstić information content (AvgIpc) is 2.04. The predicted molar refractivity (Wildman–Crippen MR) is 51.4 cm³/mol. The van der Waals surface area contributed by atoms with Crippen molar-refractivity contribution in [3.63, 3.8) is 0 Å². The van der Waals surface area contributed by atoms with Crippen molar-refractivity contribution in [2.75, 3.05) is 18.5 Å². The molecule has 0 aliphatic carbocycles. The lowest BCUT2D eigenvalue weighted by Gasteiger charge is -2.31. The molecule has 0 aromatic heterocycles. The number of anilines is 1. The first-order valence-electron chi connectivity index (χ1n) is 4.32. The van der Waals surface area contributed by atoms with Gasteiger partial charge < -0.3 is 10.6 Å². The Hall–Kier alpha value is -1.02. The Labute approximate surface area is 73.0 Å². The van der Waals surface area contributed by atoms with Gasteiger partial charge in [-0.25, -0.2) is 0 Å². The third kappa shape index (κ3) is 1.18. The van der Waals surface area contributed by atoms with Crippen molar-refractivity contribution < 1.29 is 0 Å². The second-order valence-electron chi connectivity index (χ2n) is 3.47. The molecular formula is C10H14N2. The van der Waals surface area contributed by atoms with E-state index in [1.165, 1.54) is 11.3 Å². The quantitative estimate of drug-likeness (QED) is 0.617. The molecule has 0 amide bonds. The highest BCUT2D eigenvalue weighted by Gasteiger charge is 2.17. The zero-order valence-corrected chi connectivity index (χ0v) is 7.33. The zero-order valence-electron chi connectivity index (χ0n) is 7.33. The summed E-state index contributed by atoms with van der Waals surface area (Å²) in [4.78, 5) is 2.23. The molecule has 1 aromatic rings. The molecule has 0 radical (unpaired) electrons. The Balaban J connectivity index is 2.40. The molecule has 2 N–H and O–H groups in total. The van der Waals surface area contributed by atoms with Gasteiger partial charge in [-0.05, 0) is 18.1 Å². The molecule has 2 heteroatoms. The minimum atomic E-state index is 0.296. The first kappa shape index (κ1) is 7.62. The number of likely N-dealkylation sites (N-methyl/N-ethyl adjacent to an activating group) is 1. The van der Waals surface area contributed by atoms with Gasteiger partial charge in [0.2, 0.25) is 0 Å². The number of nitrogens with zero attached hydrogens (tertiary/aromatic N) is 1. The number of para-hydroxylation sites is 1. The summed E-state index contributed by atoms with van der Waals surface area (Å²) in [5.74, 6) is 0. The van der Waals surface area contributed by atoms with Crippen LogP contribution in [0.5, 0.6) is 0 Å². The van der Waals surface area contributed by atoms with Crippen LogP contribution in [0.4, 0.5) is 5.69 Å². The molecule has 1 aromatic carbocycles. The molecule has 64 valence electrons. The minimum Gasteiger partial charge on any atom is -0.373 e. The number of rotatable bonds is 0. The van der Waals surface area contributed by atoms with Gasteiger partial charge in [-0.3, -0.25) is 0 Å². The molecule has 0 spiro atoms. The van der Waals surface area contributed by atoms with Crippen LogP contribution in [0, 0.1) is 0 Å². The Morgan fingerprint density at radius 3 is 3.00 bits per heavy atom. The van der Waals surface area contributed by atoms with Crippen LogP contribution in [-0.2, 0) is 6.42 Å². The van der Waals surface area contributed by atoms with Crippen molar-refractivity contribution in [2.45, 2.75) is 12.5 Å². The van der Waals surface area contributed by atoms with Gasteiger partial charge in [-0.15, -0.1) is 0 Å². The van der Waals surface area contributed by atoms with Crippen molar-refractivity contribution in [3.05, 3.63) is 29.8 Å². The first-order chi connectivity index (χ1) is 5.77. The number of hydrogen-bond acceptors (Lipinski definition) is 2. The molecule has 2 rings (SSSR count). The van der Waals surface area contributed by atoms with Crippen molar-refractivity contribution in [2.24, 2.45) is 5.73 Å². The predicted octanol–water partition coefficient (Wildman–Crippen LogP) is 1.01. The molecule has 12 heavy (non-hydrogen) atoms. The van der Waals surface area contributed by atoms with Crippen LogP contribution in [0.25, 0.3) is 0 Å². The summed E-state index contributed by atoms with van der Waals surface area (Å²) in [5.41, 5.74) is 8.60. The lowest BCUT2D eigenvalue weighted by atomic mass is 9.99. The fourth-order valence-corrected chi connectivity index (χ4v) is 1.85. The summed E-state index contributed by atoms with van der Waals surface area (Å²) >= 11 is 0. The third-order valence-electron chi connectivity index (χ3n) is 2.39. The highest BCUT2D eigenvalue weighted by atomic mass is 15.1. The molecule has 0 fully saturated rings. The van der Waals surface area contributed by atoms with Gasteiger partial charge >= 0.3 is 0 Å². The van der Waals surface area contributed by atoms with Crippen molar-refractivity contribution in [1.29, 1.82) is 0 Å². The molecule has 0 unspecified atom stereocenters. The van der Waals surface area contributed by atoms with Crippen LogP contribution in [-0.4, -0.2) is 19.6 Å². The average molecular weight is 162 g/mol. The molecular weight excluding hydrogens is 148 g/mol. The van der Waals surface area contributed by atoms with Crippen LogP contribution >= 0.6 is 0 Å². The molecule has 0 saturated heterocycles. The monoisotopic (exact) mass is 162 g/mol. The Bertz CT molecular complexity index is 283. The van der Waals surface area contributed by atoms with E-state index in [-0.39, 0.29) is 0 Å². The van der Waals surface area contributed by atoms with E-state index < -0.39 is 0 Å². The van der Waals surface area contributed by atoms with E-state index in [0.29, 0.717) is 6.04 Å². The molecule has 1 atom stereocenters.